The molecule has 0 spiro atoms. The summed E-state index contributed by atoms with van der Waals surface area (Å²) >= 11 is 5.29. The molecule has 0 bridgehead atoms. The Balaban J connectivity index is 1.85. The number of hydrogen-bond acceptors (Lipinski definition) is 3. The smallest absolute Gasteiger partial charge is 0.0701 e. The molecule has 108 valence electrons. The van der Waals surface area contributed by atoms with Gasteiger partial charge < -0.3 is 5.73 Å². The molecule has 1 unspecified atom stereocenters. The van der Waals surface area contributed by atoms with Crippen LogP contribution in [0.3, 0.4) is 0 Å². The zero-order valence-corrected chi connectivity index (χ0v) is 14.2. The van der Waals surface area contributed by atoms with Crippen LogP contribution in [0, 0.1) is 5.92 Å². The van der Waals surface area contributed by atoms with Crippen LogP contribution in [-0.4, -0.2) is 24.5 Å². The van der Waals surface area contributed by atoms with Gasteiger partial charge in [-0.25, -0.2) is 0 Å². The van der Waals surface area contributed by atoms with Gasteiger partial charge in [0.25, 0.3) is 0 Å². The summed E-state index contributed by atoms with van der Waals surface area (Å²) in [6, 6.07) is 2.75. The van der Waals surface area contributed by atoms with Crippen molar-refractivity contribution in [3.63, 3.8) is 0 Å². The summed E-state index contributed by atoms with van der Waals surface area (Å²) in [6.07, 6.45) is 8.37. The molecule has 1 saturated carbocycles. The molecule has 4 heteroatoms. The summed E-state index contributed by atoms with van der Waals surface area (Å²) in [5.74, 6) is 0.902. The highest BCUT2D eigenvalue weighted by molar-refractivity contribution is 9.11. The van der Waals surface area contributed by atoms with Crippen molar-refractivity contribution in [1.29, 1.82) is 0 Å². The fourth-order valence-corrected chi connectivity index (χ4v) is 4.31. The van der Waals surface area contributed by atoms with Crippen molar-refractivity contribution in [3.8, 4) is 0 Å². The lowest BCUT2D eigenvalue weighted by molar-refractivity contribution is 0.185. The van der Waals surface area contributed by atoms with Crippen LogP contribution in [0.15, 0.2) is 15.2 Å². The summed E-state index contributed by atoms with van der Waals surface area (Å²) < 4.78 is 1.22. The lowest BCUT2D eigenvalue weighted by Gasteiger charge is -2.31. The Bertz CT molecular complexity index is 374. The van der Waals surface area contributed by atoms with Crippen LogP contribution in [0.1, 0.15) is 44.1 Å². The van der Waals surface area contributed by atoms with Crippen LogP contribution in [-0.2, 0) is 6.54 Å². The van der Waals surface area contributed by atoms with Gasteiger partial charge in [0.05, 0.1) is 3.79 Å². The molecule has 1 fully saturated rings. The van der Waals surface area contributed by atoms with Gasteiger partial charge in [-0.05, 0) is 52.3 Å². The number of likely N-dealkylation sites (N-methyl/N-ethyl adjacent to an activating group) is 1. The Hall–Kier alpha value is 0.1000. The molecule has 1 heterocycles. The van der Waals surface area contributed by atoms with E-state index in [1.165, 1.54) is 47.9 Å². The van der Waals surface area contributed by atoms with Crippen LogP contribution in [0.5, 0.6) is 0 Å². The van der Waals surface area contributed by atoms with Crippen molar-refractivity contribution < 1.29 is 0 Å². The lowest BCUT2D eigenvalue weighted by Crippen LogP contribution is -2.39. The first kappa shape index (κ1) is 15.5. The first-order valence-corrected chi connectivity index (χ1v) is 8.99. The summed E-state index contributed by atoms with van der Waals surface area (Å²) in [4.78, 5) is 2.43. The van der Waals surface area contributed by atoms with Gasteiger partial charge in [-0.2, -0.15) is 0 Å². The number of hydrogen-bond donors (Lipinski definition) is 1. The molecule has 2 N–H and O–H groups in total. The molecule has 0 amide bonds. The fourth-order valence-electron chi connectivity index (χ4n) is 3.11. The summed E-state index contributed by atoms with van der Waals surface area (Å²) in [5.41, 5.74) is 7.39. The van der Waals surface area contributed by atoms with E-state index in [1.807, 2.05) is 0 Å². The van der Waals surface area contributed by atoms with Crippen LogP contribution in [0.25, 0.3) is 0 Å². The van der Waals surface area contributed by atoms with Gasteiger partial charge in [-0.1, -0.05) is 32.1 Å². The van der Waals surface area contributed by atoms with Gasteiger partial charge in [0.1, 0.15) is 0 Å². The van der Waals surface area contributed by atoms with E-state index in [4.69, 9.17) is 5.73 Å². The number of thiophene rings is 1. The highest BCUT2D eigenvalue weighted by atomic mass is 79.9. The highest BCUT2D eigenvalue weighted by Crippen LogP contribution is 2.29. The average Bonchev–Trinajstić information content (AvgIpc) is 2.82. The van der Waals surface area contributed by atoms with Gasteiger partial charge in [0, 0.05) is 19.1 Å². The lowest BCUT2D eigenvalue weighted by atomic mass is 9.84. The molecule has 2 rings (SSSR count). The number of rotatable bonds is 6. The zero-order valence-electron chi connectivity index (χ0n) is 11.8. The third-order valence-electron chi connectivity index (χ3n) is 4.28. The largest absolute Gasteiger partial charge is 0.329 e. The molecule has 1 atom stereocenters. The molecule has 1 aliphatic carbocycles. The van der Waals surface area contributed by atoms with Crippen LogP contribution < -0.4 is 5.73 Å². The predicted octanol–water partition coefficient (Wildman–Crippen LogP) is 4.24. The molecule has 19 heavy (non-hydrogen) atoms. The second-order valence-electron chi connectivity index (χ2n) is 5.80. The Morgan fingerprint density at radius 1 is 1.42 bits per heavy atom. The maximum absolute atomic E-state index is 6.00. The van der Waals surface area contributed by atoms with Gasteiger partial charge in [0.15, 0.2) is 0 Å². The molecule has 2 nitrogen and oxygen atoms in total. The van der Waals surface area contributed by atoms with E-state index in [-0.39, 0.29) is 0 Å². The van der Waals surface area contributed by atoms with E-state index in [1.54, 1.807) is 11.3 Å². The minimum absolute atomic E-state index is 0.529. The number of nitrogens with two attached hydrogens (primary N) is 1. The van der Waals surface area contributed by atoms with Crippen molar-refractivity contribution in [2.75, 3.05) is 13.6 Å². The average molecular weight is 345 g/mol. The van der Waals surface area contributed by atoms with E-state index in [9.17, 15) is 0 Å². The van der Waals surface area contributed by atoms with E-state index in [0.29, 0.717) is 6.04 Å². The van der Waals surface area contributed by atoms with Gasteiger partial charge in [-0.15, -0.1) is 11.3 Å². The van der Waals surface area contributed by atoms with E-state index >= 15 is 0 Å². The number of nitrogens with zero attached hydrogens (tertiary/aromatic N) is 1. The first-order valence-electron chi connectivity index (χ1n) is 7.32. The summed E-state index contributed by atoms with van der Waals surface area (Å²) in [5, 5.41) is 2.23. The quantitative estimate of drug-likeness (QED) is 0.836. The standard InChI is InChI=1S/C15H25BrN2S/c1-18(10-13-8-15(16)19-11-13)14(9-17)7-12-5-3-2-4-6-12/h8,11-12,14H,2-7,9-10,17H2,1H3. The topological polar surface area (TPSA) is 29.3 Å². The highest BCUT2D eigenvalue weighted by Gasteiger charge is 2.21. The molecular formula is C15H25BrN2S. The zero-order chi connectivity index (χ0) is 13.7. The molecular weight excluding hydrogens is 320 g/mol. The third kappa shape index (κ3) is 4.85. The van der Waals surface area contributed by atoms with Gasteiger partial charge >= 0.3 is 0 Å². The Labute approximate surface area is 129 Å². The fraction of sp³-hybridized carbons (Fsp3) is 0.733. The monoisotopic (exact) mass is 344 g/mol. The van der Waals surface area contributed by atoms with Crippen molar-refractivity contribution in [2.24, 2.45) is 11.7 Å². The van der Waals surface area contributed by atoms with Gasteiger partial charge in [-0.3, -0.25) is 4.90 Å². The number of halogens is 1. The normalized spacial score (nSPS) is 18.9. The minimum Gasteiger partial charge on any atom is -0.329 e. The second kappa shape index (κ2) is 7.77. The maximum atomic E-state index is 6.00. The maximum Gasteiger partial charge on any atom is 0.0701 e. The van der Waals surface area contributed by atoms with Crippen molar-refractivity contribution in [2.45, 2.75) is 51.1 Å². The van der Waals surface area contributed by atoms with E-state index in [0.717, 1.165) is 19.0 Å². The summed E-state index contributed by atoms with van der Waals surface area (Å²) in [7, 11) is 2.21. The van der Waals surface area contributed by atoms with Crippen molar-refractivity contribution >= 4 is 27.3 Å². The van der Waals surface area contributed by atoms with E-state index in [2.05, 4.69) is 39.3 Å². The molecule has 0 radical (unpaired) electrons. The molecule has 1 aliphatic rings. The van der Waals surface area contributed by atoms with Crippen LogP contribution in [0.4, 0.5) is 0 Å². The molecule has 1 aromatic rings. The van der Waals surface area contributed by atoms with Crippen molar-refractivity contribution in [1.82, 2.24) is 4.90 Å². The molecule has 0 aromatic carbocycles. The Kier molecular flexibility index (Phi) is 6.33. The second-order valence-corrected chi connectivity index (χ2v) is 8.09. The SMILES string of the molecule is CN(Cc1csc(Br)c1)C(CN)CC1CCCCC1. The van der Waals surface area contributed by atoms with Crippen LogP contribution in [0.2, 0.25) is 0 Å². The first-order chi connectivity index (χ1) is 9.19. The Morgan fingerprint density at radius 3 is 2.74 bits per heavy atom. The molecule has 1 aromatic heterocycles. The Morgan fingerprint density at radius 2 is 2.16 bits per heavy atom. The van der Waals surface area contributed by atoms with Gasteiger partial charge in [0.2, 0.25) is 0 Å². The molecule has 0 saturated heterocycles. The summed E-state index contributed by atoms with van der Waals surface area (Å²) in [6.45, 7) is 1.79. The van der Waals surface area contributed by atoms with Crippen molar-refractivity contribution in [3.05, 3.63) is 20.8 Å². The minimum atomic E-state index is 0.529. The van der Waals surface area contributed by atoms with Crippen LogP contribution >= 0.6 is 27.3 Å². The molecule has 0 aliphatic heterocycles. The van der Waals surface area contributed by atoms with E-state index < -0.39 is 0 Å². The predicted molar refractivity (Wildman–Crippen MR) is 87.5 cm³/mol. The third-order valence-corrected chi connectivity index (χ3v) is 5.83.